The van der Waals surface area contributed by atoms with Crippen LogP contribution in [-0.2, 0) is 19.6 Å². The van der Waals surface area contributed by atoms with E-state index in [1.807, 2.05) is 13.8 Å². The van der Waals surface area contributed by atoms with Crippen molar-refractivity contribution in [2.75, 3.05) is 5.32 Å². The SMILES string of the molecule is Cc1nnc(NCc2ccc3c(c2)CNC3)c(C#N)c1C. The molecule has 0 fully saturated rings. The molecule has 5 nitrogen and oxygen atoms in total. The Morgan fingerprint density at radius 2 is 2.05 bits per heavy atom. The lowest BCUT2D eigenvalue weighted by atomic mass is 10.1. The third kappa shape index (κ3) is 2.58. The number of hydrogen-bond acceptors (Lipinski definition) is 5. The van der Waals surface area contributed by atoms with Crippen molar-refractivity contribution in [3.63, 3.8) is 0 Å². The Hall–Kier alpha value is -2.45. The van der Waals surface area contributed by atoms with E-state index in [1.54, 1.807) is 0 Å². The second-order valence-electron chi connectivity index (χ2n) is 5.31. The van der Waals surface area contributed by atoms with Crippen LogP contribution >= 0.6 is 0 Å². The molecular weight excluding hydrogens is 262 g/mol. The third-order valence-electron chi connectivity index (χ3n) is 3.93. The van der Waals surface area contributed by atoms with Crippen LogP contribution in [0.5, 0.6) is 0 Å². The smallest absolute Gasteiger partial charge is 0.167 e. The summed E-state index contributed by atoms with van der Waals surface area (Å²) in [6.45, 7) is 6.27. The van der Waals surface area contributed by atoms with Gasteiger partial charge in [0.1, 0.15) is 11.6 Å². The Bertz CT molecular complexity index is 730. The van der Waals surface area contributed by atoms with E-state index in [-0.39, 0.29) is 0 Å². The van der Waals surface area contributed by atoms with Crippen LogP contribution in [0.1, 0.15) is 33.5 Å². The predicted molar refractivity (Wildman–Crippen MR) is 80.5 cm³/mol. The molecule has 0 spiro atoms. The van der Waals surface area contributed by atoms with Crippen molar-refractivity contribution >= 4 is 5.82 Å². The minimum absolute atomic E-state index is 0.555. The van der Waals surface area contributed by atoms with Crippen LogP contribution in [0, 0.1) is 25.2 Å². The summed E-state index contributed by atoms with van der Waals surface area (Å²) in [6.07, 6.45) is 0. The summed E-state index contributed by atoms with van der Waals surface area (Å²) in [5, 5.41) is 24.0. The van der Waals surface area contributed by atoms with Gasteiger partial charge in [0, 0.05) is 19.6 Å². The number of aryl methyl sites for hydroxylation is 1. The van der Waals surface area contributed by atoms with Gasteiger partial charge in [-0.3, -0.25) is 0 Å². The number of nitrogens with one attached hydrogen (secondary N) is 2. The number of rotatable bonds is 3. The Labute approximate surface area is 124 Å². The molecule has 2 heterocycles. The summed E-state index contributed by atoms with van der Waals surface area (Å²) in [6, 6.07) is 8.67. The van der Waals surface area contributed by atoms with Gasteiger partial charge in [0.05, 0.1) is 5.69 Å². The number of nitriles is 1. The molecule has 1 aliphatic rings. The van der Waals surface area contributed by atoms with Crippen molar-refractivity contribution in [3.05, 3.63) is 51.7 Å². The average molecular weight is 279 g/mol. The molecule has 0 unspecified atom stereocenters. The number of anilines is 1. The van der Waals surface area contributed by atoms with Crippen LogP contribution in [0.2, 0.25) is 0 Å². The van der Waals surface area contributed by atoms with Gasteiger partial charge in [0.2, 0.25) is 0 Å². The van der Waals surface area contributed by atoms with Gasteiger partial charge < -0.3 is 10.6 Å². The quantitative estimate of drug-likeness (QED) is 0.901. The molecule has 2 N–H and O–H groups in total. The minimum Gasteiger partial charge on any atom is -0.363 e. The first-order chi connectivity index (χ1) is 10.2. The lowest BCUT2D eigenvalue weighted by molar-refractivity contribution is 0.764. The van der Waals surface area contributed by atoms with Gasteiger partial charge in [-0.2, -0.15) is 10.4 Å². The van der Waals surface area contributed by atoms with E-state index in [2.05, 4.69) is 45.1 Å². The highest BCUT2D eigenvalue weighted by molar-refractivity contribution is 5.56. The first-order valence-corrected chi connectivity index (χ1v) is 6.98. The Kier molecular flexibility index (Phi) is 3.55. The number of benzene rings is 1. The van der Waals surface area contributed by atoms with Crippen LogP contribution in [0.3, 0.4) is 0 Å². The van der Waals surface area contributed by atoms with Crippen molar-refractivity contribution in [2.24, 2.45) is 0 Å². The number of fused-ring (bicyclic) bond motifs is 1. The molecular formula is C16H17N5. The van der Waals surface area contributed by atoms with Gasteiger partial charge in [-0.25, -0.2) is 0 Å². The highest BCUT2D eigenvalue weighted by Gasteiger charge is 2.12. The molecule has 1 aliphatic heterocycles. The third-order valence-corrected chi connectivity index (χ3v) is 3.93. The summed E-state index contributed by atoms with van der Waals surface area (Å²) >= 11 is 0. The number of hydrogen-bond donors (Lipinski definition) is 2. The second kappa shape index (κ2) is 5.51. The van der Waals surface area contributed by atoms with Gasteiger partial charge in [0.25, 0.3) is 0 Å². The van der Waals surface area contributed by atoms with Crippen molar-refractivity contribution in [2.45, 2.75) is 33.5 Å². The van der Waals surface area contributed by atoms with E-state index in [0.29, 0.717) is 17.9 Å². The monoisotopic (exact) mass is 279 g/mol. The molecule has 0 bridgehead atoms. The van der Waals surface area contributed by atoms with Gasteiger partial charge >= 0.3 is 0 Å². The molecule has 3 rings (SSSR count). The van der Waals surface area contributed by atoms with E-state index < -0.39 is 0 Å². The Morgan fingerprint density at radius 1 is 1.24 bits per heavy atom. The minimum atomic E-state index is 0.555. The Balaban J connectivity index is 1.79. The van der Waals surface area contributed by atoms with Crippen LogP contribution in [0.4, 0.5) is 5.82 Å². The summed E-state index contributed by atoms with van der Waals surface area (Å²) in [5.74, 6) is 0.555. The van der Waals surface area contributed by atoms with E-state index in [4.69, 9.17) is 0 Å². The van der Waals surface area contributed by atoms with Crippen LogP contribution in [-0.4, -0.2) is 10.2 Å². The van der Waals surface area contributed by atoms with Crippen LogP contribution in [0.15, 0.2) is 18.2 Å². The molecule has 5 heteroatoms. The van der Waals surface area contributed by atoms with Gasteiger partial charge in [-0.15, -0.1) is 5.10 Å². The van der Waals surface area contributed by atoms with Crippen molar-refractivity contribution in [1.82, 2.24) is 15.5 Å². The maximum absolute atomic E-state index is 9.28. The van der Waals surface area contributed by atoms with Crippen LogP contribution in [0.25, 0.3) is 0 Å². The second-order valence-corrected chi connectivity index (χ2v) is 5.31. The molecule has 0 aliphatic carbocycles. The topological polar surface area (TPSA) is 73.6 Å². The standard InChI is InChI=1S/C16H17N5/c1-10-11(2)20-21-16(15(10)6-17)19-7-12-3-4-13-8-18-9-14(13)5-12/h3-5,18H,7-9H2,1-2H3,(H,19,21). The normalized spacial score (nSPS) is 12.8. The molecule has 2 aromatic rings. The fourth-order valence-corrected chi connectivity index (χ4v) is 2.51. The fraction of sp³-hybridized carbons (Fsp3) is 0.312. The molecule has 106 valence electrons. The molecule has 21 heavy (non-hydrogen) atoms. The van der Waals surface area contributed by atoms with Crippen LogP contribution < -0.4 is 10.6 Å². The number of nitrogens with zero attached hydrogens (tertiary/aromatic N) is 3. The van der Waals surface area contributed by atoms with Crippen molar-refractivity contribution in [1.29, 1.82) is 5.26 Å². The molecule has 0 radical (unpaired) electrons. The largest absolute Gasteiger partial charge is 0.363 e. The summed E-state index contributed by atoms with van der Waals surface area (Å²) < 4.78 is 0. The van der Waals surface area contributed by atoms with Crippen molar-refractivity contribution in [3.8, 4) is 6.07 Å². The number of aromatic nitrogens is 2. The molecule has 1 aromatic heterocycles. The van der Waals surface area contributed by atoms with E-state index in [0.717, 1.165) is 24.3 Å². The zero-order chi connectivity index (χ0) is 14.8. The van der Waals surface area contributed by atoms with Gasteiger partial charge in [-0.1, -0.05) is 18.2 Å². The first kappa shape index (κ1) is 13.5. The van der Waals surface area contributed by atoms with Crippen molar-refractivity contribution < 1.29 is 0 Å². The van der Waals surface area contributed by atoms with E-state index in [9.17, 15) is 5.26 Å². The maximum atomic E-state index is 9.28. The molecule has 0 saturated carbocycles. The zero-order valence-electron chi connectivity index (χ0n) is 12.2. The molecule has 0 amide bonds. The first-order valence-electron chi connectivity index (χ1n) is 6.98. The highest BCUT2D eigenvalue weighted by Crippen LogP contribution is 2.20. The maximum Gasteiger partial charge on any atom is 0.167 e. The molecule has 0 atom stereocenters. The fourth-order valence-electron chi connectivity index (χ4n) is 2.51. The van der Waals surface area contributed by atoms with E-state index >= 15 is 0 Å². The average Bonchev–Trinajstić information content (AvgIpc) is 2.96. The lowest BCUT2D eigenvalue weighted by Gasteiger charge is -2.10. The highest BCUT2D eigenvalue weighted by atomic mass is 15.2. The summed E-state index contributed by atoms with van der Waals surface area (Å²) in [4.78, 5) is 0. The van der Waals surface area contributed by atoms with E-state index in [1.165, 1.54) is 16.7 Å². The predicted octanol–water partition coefficient (Wildman–Crippen LogP) is 2.18. The summed E-state index contributed by atoms with van der Waals surface area (Å²) in [5.41, 5.74) is 6.14. The Morgan fingerprint density at radius 3 is 2.86 bits per heavy atom. The van der Waals surface area contributed by atoms with Gasteiger partial charge in [0.15, 0.2) is 5.82 Å². The summed E-state index contributed by atoms with van der Waals surface area (Å²) in [7, 11) is 0. The molecule has 0 saturated heterocycles. The molecule has 1 aromatic carbocycles. The lowest BCUT2D eigenvalue weighted by Crippen LogP contribution is -2.07. The zero-order valence-corrected chi connectivity index (χ0v) is 12.2. The van der Waals surface area contributed by atoms with Gasteiger partial charge in [-0.05, 0) is 36.1 Å².